The number of nitrogens with one attached hydrogen (secondary N) is 2. The first kappa shape index (κ1) is 15.1. The van der Waals surface area contributed by atoms with Crippen molar-refractivity contribution < 1.29 is 4.79 Å². The Morgan fingerprint density at radius 1 is 1.17 bits per heavy atom. The van der Waals surface area contributed by atoms with Gasteiger partial charge in [-0.1, -0.05) is 6.42 Å². The fourth-order valence-corrected chi connectivity index (χ4v) is 3.81. The van der Waals surface area contributed by atoms with Crippen LogP contribution < -0.4 is 10.6 Å². The van der Waals surface area contributed by atoms with E-state index in [2.05, 4.69) is 25.6 Å². The maximum atomic E-state index is 12.5. The van der Waals surface area contributed by atoms with Crippen LogP contribution in [0.2, 0.25) is 0 Å². The molecule has 0 aromatic carbocycles. The minimum absolute atomic E-state index is 0.172. The van der Waals surface area contributed by atoms with Crippen LogP contribution in [-0.2, 0) is 0 Å². The third-order valence-corrected chi connectivity index (χ3v) is 4.93. The zero-order valence-corrected chi connectivity index (χ0v) is 13.6. The quantitative estimate of drug-likeness (QED) is 0.905. The number of carbonyl (C=O) groups excluding carboxylic acids is 1. The van der Waals surface area contributed by atoms with E-state index in [1.165, 1.54) is 19.3 Å². The standard InChI is InChI=1S/C17H22N6O/c24-17(20-13-7-12-22-10-2-1-6-15(13)22)21-14-5-3-8-18-16(14)23-11-4-9-19-23/h3-5,8-9,11,13,15H,1-2,6-7,10,12H2,(H2,20,21,24)/t13-,15-/m1/s1. The molecule has 0 saturated carbocycles. The number of pyridine rings is 1. The molecule has 0 unspecified atom stereocenters. The van der Waals surface area contributed by atoms with Crippen LogP contribution in [0.1, 0.15) is 25.7 Å². The molecule has 4 rings (SSSR count). The average Bonchev–Trinajstić information content (AvgIpc) is 3.26. The van der Waals surface area contributed by atoms with Gasteiger partial charge in [0.25, 0.3) is 0 Å². The van der Waals surface area contributed by atoms with E-state index in [0.29, 0.717) is 17.5 Å². The normalized spacial score (nSPS) is 23.7. The molecule has 2 aromatic rings. The van der Waals surface area contributed by atoms with Gasteiger partial charge >= 0.3 is 6.03 Å². The lowest BCUT2D eigenvalue weighted by molar-refractivity contribution is 0.180. The van der Waals surface area contributed by atoms with Crippen molar-refractivity contribution in [3.8, 4) is 5.82 Å². The largest absolute Gasteiger partial charge is 0.334 e. The minimum Gasteiger partial charge on any atom is -0.334 e. The Morgan fingerprint density at radius 2 is 2.12 bits per heavy atom. The summed E-state index contributed by atoms with van der Waals surface area (Å²) in [5, 5.41) is 10.3. The van der Waals surface area contributed by atoms with Crippen molar-refractivity contribution in [2.45, 2.75) is 37.8 Å². The van der Waals surface area contributed by atoms with Crippen LogP contribution in [0.4, 0.5) is 10.5 Å². The van der Waals surface area contributed by atoms with Crippen LogP contribution in [-0.4, -0.2) is 50.9 Å². The summed E-state index contributed by atoms with van der Waals surface area (Å²) in [4.78, 5) is 19.3. The molecule has 4 heterocycles. The van der Waals surface area contributed by atoms with E-state index in [1.54, 1.807) is 23.1 Å². The predicted octanol–water partition coefficient (Wildman–Crippen LogP) is 2.02. The van der Waals surface area contributed by atoms with Gasteiger partial charge in [0.1, 0.15) is 0 Å². The van der Waals surface area contributed by atoms with E-state index in [9.17, 15) is 4.79 Å². The van der Waals surface area contributed by atoms with E-state index in [-0.39, 0.29) is 12.1 Å². The summed E-state index contributed by atoms with van der Waals surface area (Å²) >= 11 is 0. The van der Waals surface area contributed by atoms with E-state index in [1.807, 2.05) is 18.3 Å². The van der Waals surface area contributed by atoms with E-state index in [4.69, 9.17) is 0 Å². The van der Waals surface area contributed by atoms with Gasteiger partial charge in [-0.15, -0.1) is 0 Å². The summed E-state index contributed by atoms with van der Waals surface area (Å²) in [7, 11) is 0. The van der Waals surface area contributed by atoms with Crippen molar-refractivity contribution in [2.24, 2.45) is 0 Å². The summed E-state index contributed by atoms with van der Waals surface area (Å²) in [6.07, 6.45) is 9.92. The van der Waals surface area contributed by atoms with Crippen molar-refractivity contribution in [2.75, 3.05) is 18.4 Å². The highest BCUT2D eigenvalue weighted by molar-refractivity contribution is 5.91. The molecule has 126 valence electrons. The first-order chi connectivity index (χ1) is 11.8. The first-order valence-electron chi connectivity index (χ1n) is 8.58. The van der Waals surface area contributed by atoms with Gasteiger partial charge in [-0.25, -0.2) is 14.5 Å². The lowest BCUT2D eigenvalue weighted by Crippen LogP contribution is -2.48. The Bertz CT molecular complexity index is 701. The molecule has 2 atom stereocenters. The smallest absolute Gasteiger partial charge is 0.319 e. The van der Waals surface area contributed by atoms with Gasteiger partial charge in [0.15, 0.2) is 5.82 Å². The van der Waals surface area contributed by atoms with E-state index in [0.717, 1.165) is 19.5 Å². The Kier molecular flexibility index (Phi) is 4.17. The topological polar surface area (TPSA) is 75.1 Å². The molecular formula is C17H22N6O. The fourth-order valence-electron chi connectivity index (χ4n) is 3.81. The lowest BCUT2D eigenvalue weighted by Gasteiger charge is -2.32. The number of amides is 2. The number of hydrogen-bond acceptors (Lipinski definition) is 4. The molecule has 0 aliphatic carbocycles. The number of rotatable bonds is 3. The molecule has 2 aliphatic rings. The number of hydrogen-bond donors (Lipinski definition) is 2. The van der Waals surface area contributed by atoms with Crippen LogP contribution in [0, 0.1) is 0 Å². The minimum atomic E-state index is -0.172. The van der Waals surface area contributed by atoms with Gasteiger partial charge in [-0.05, 0) is 44.0 Å². The Labute approximate surface area is 141 Å². The van der Waals surface area contributed by atoms with Crippen molar-refractivity contribution in [1.82, 2.24) is 25.0 Å². The summed E-state index contributed by atoms with van der Waals surface area (Å²) in [6, 6.07) is 6.02. The second kappa shape index (κ2) is 6.60. The molecule has 2 aliphatic heterocycles. The van der Waals surface area contributed by atoms with Crippen molar-refractivity contribution in [3.05, 3.63) is 36.8 Å². The first-order valence-corrected chi connectivity index (χ1v) is 8.58. The average molecular weight is 326 g/mol. The van der Waals surface area contributed by atoms with Crippen LogP contribution in [0.15, 0.2) is 36.8 Å². The highest BCUT2D eigenvalue weighted by Crippen LogP contribution is 2.27. The molecule has 0 bridgehead atoms. The van der Waals surface area contributed by atoms with E-state index >= 15 is 0 Å². The van der Waals surface area contributed by atoms with Crippen LogP contribution in [0.5, 0.6) is 0 Å². The summed E-state index contributed by atoms with van der Waals surface area (Å²) in [5.41, 5.74) is 0.650. The third kappa shape index (κ3) is 2.99. The molecular weight excluding hydrogens is 304 g/mol. The van der Waals surface area contributed by atoms with Gasteiger partial charge in [0.05, 0.1) is 5.69 Å². The van der Waals surface area contributed by atoms with Crippen molar-refractivity contribution >= 4 is 11.7 Å². The molecule has 0 radical (unpaired) electrons. The van der Waals surface area contributed by atoms with Gasteiger partial charge in [0.2, 0.25) is 0 Å². The third-order valence-electron chi connectivity index (χ3n) is 4.93. The second-order valence-corrected chi connectivity index (χ2v) is 6.42. The summed E-state index contributed by atoms with van der Waals surface area (Å²) in [5.74, 6) is 0.614. The number of aromatic nitrogens is 3. The molecule has 2 amide bonds. The van der Waals surface area contributed by atoms with Gasteiger partial charge in [-0.2, -0.15) is 5.10 Å². The molecule has 2 aromatic heterocycles. The summed E-state index contributed by atoms with van der Waals surface area (Å²) in [6.45, 7) is 2.25. The number of piperidine rings is 1. The Hall–Kier alpha value is -2.41. The Balaban J connectivity index is 1.44. The number of nitrogens with zero attached hydrogens (tertiary/aromatic N) is 4. The predicted molar refractivity (Wildman–Crippen MR) is 91.1 cm³/mol. The van der Waals surface area contributed by atoms with E-state index < -0.39 is 0 Å². The molecule has 0 spiro atoms. The highest BCUT2D eigenvalue weighted by Gasteiger charge is 2.36. The van der Waals surface area contributed by atoms with Gasteiger partial charge in [-0.3, -0.25) is 4.90 Å². The monoisotopic (exact) mass is 326 g/mol. The van der Waals surface area contributed by atoms with Crippen molar-refractivity contribution in [3.63, 3.8) is 0 Å². The van der Waals surface area contributed by atoms with Crippen LogP contribution in [0.3, 0.4) is 0 Å². The Morgan fingerprint density at radius 3 is 3.00 bits per heavy atom. The van der Waals surface area contributed by atoms with Gasteiger partial charge < -0.3 is 10.6 Å². The molecule has 7 nitrogen and oxygen atoms in total. The number of anilines is 1. The number of fused-ring (bicyclic) bond motifs is 1. The second-order valence-electron chi connectivity index (χ2n) is 6.42. The maximum Gasteiger partial charge on any atom is 0.319 e. The number of carbonyl (C=O) groups is 1. The zero-order valence-electron chi connectivity index (χ0n) is 13.6. The van der Waals surface area contributed by atoms with Crippen LogP contribution in [0.25, 0.3) is 5.82 Å². The highest BCUT2D eigenvalue weighted by atomic mass is 16.2. The lowest BCUT2D eigenvalue weighted by atomic mass is 9.99. The summed E-state index contributed by atoms with van der Waals surface area (Å²) < 4.78 is 1.65. The molecule has 7 heteroatoms. The zero-order chi connectivity index (χ0) is 16.4. The SMILES string of the molecule is O=C(Nc1cccnc1-n1cccn1)N[C@@H]1CCN2CCCC[C@H]12. The van der Waals surface area contributed by atoms with Gasteiger partial charge in [0, 0.05) is 37.2 Å². The fraction of sp³-hybridized carbons (Fsp3) is 0.471. The van der Waals surface area contributed by atoms with Crippen LogP contribution >= 0.6 is 0 Å². The number of urea groups is 1. The van der Waals surface area contributed by atoms with Crippen molar-refractivity contribution in [1.29, 1.82) is 0 Å². The molecule has 2 saturated heterocycles. The maximum absolute atomic E-state index is 12.5. The molecule has 2 fully saturated rings. The molecule has 24 heavy (non-hydrogen) atoms. The molecule has 2 N–H and O–H groups in total.